The Bertz CT molecular complexity index is 338. The van der Waals surface area contributed by atoms with Crippen molar-refractivity contribution < 1.29 is 0 Å². The predicted octanol–water partition coefficient (Wildman–Crippen LogP) is 5.60. The van der Waals surface area contributed by atoms with E-state index in [1.54, 1.807) is 5.57 Å². The fourth-order valence-electron chi connectivity index (χ4n) is 3.12. The molecule has 2 rings (SSSR count). The van der Waals surface area contributed by atoms with Crippen LogP contribution in [0.3, 0.4) is 0 Å². The van der Waals surface area contributed by atoms with E-state index in [-0.39, 0.29) is 0 Å². The van der Waals surface area contributed by atoms with Gasteiger partial charge in [-0.05, 0) is 57.2 Å². The van der Waals surface area contributed by atoms with Gasteiger partial charge in [-0.3, -0.25) is 0 Å². The molecular weight excluding hydrogens is 242 g/mol. The van der Waals surface area contributed by atoms with E-state index >= 15 is 0 Å². The molecule has 0 aliphatic carbocycles. The summed E-state index contributed by atoms with van der Waals surface area (Å²) in [7, 11) is 0. The van der Waals surface area contributed by atoms with Crippen molar-refractivity contribution in [3.05, 3.63) is 36.1 Å². The first-order valence-electron chi connectivity index (χ1n) is 8.70. The minimum Gasteiger partial charge on any atom is -0.373 e. The van der Waals surface area contributed by atoms with Gasteiger partial charge in [0.25, 0.3) is 0 Å². The summed E-state index contributed by atoms with van der Waals surface area (Å²) < 4.78 is 0. The van der Waals surface area contributed by atoms with Gasteiger partial charge in [-0.2, -0.15) is 0 Å². The first-order chi connectivity index (χ1) is 9.95. The van der Waals surface area contributed by atoms with E-state index in [2.05, 4.69) is 35.4 Å². The Labute approximate surface area is 125 Å². The molecule has 0 aromatic rings. The number of hydrogen-bond donors (Lipinski definition) is 0. The maximum Gasteiger partial charge on any atom is 0.0386 e. The standard InChI is InChI=1S/C19H31N/c1-2-4-6-8-10-12-16-20-17-13-15-19(18-20)14-11-9-7-5-3-1/h1-2,13,15,17H,3-12,14,16,18H2. The molecule has 1 heteroatoms. The molecule has 0 saturated carbocycles. The third kappa shape index (κ3) is 6.45. The number of hydrogen-bond acceptors (Lipinski definition) is 1. The molecule has 0 N–H and O–H groups in total. The second-order valence-electron chi connectivity index (χ2n) is 6.26. The van der Waals surface area contributed by atoms with Gasteiger partial charge in [0.05, 0.1) is 0 Å². The third-order valence-corrected chi connectivity index (χ3v) is 4.39. The highest BCUT2D eigenvalue weighted by molar-refractivity contribution is 5.18. The molecule has 0 aromatic carbocycles. The number of nitrogens with zero attached hydrogens (tertiary/aromatic N) is 1. The van der Waals surface area contributed by atoms with Gasteiger partial charge in [0.1, 0.15) is 0 Å². The maximum atomic E-state index is 2.51. The maximum absolute atomic E-state index is 2.51. The molecule has 2 heterocycles. The molecule has 0 radical (unpaired) electrons. The molecule has 0 saturated heterocycles. The van der Waals surface area contributed by atoms with Crippen LogP contribution < -0.4 is 0 Å². The molecule has 1 nitrogen and oxygen atoms in total. The van der Waals surface area contributed by atoms with E-state index in [1.165, 1.54) is 83.7 Å². The highest BCUT2D eigenvalue weighted by Crippen LogP contribution is 2.17. The molecule has 0 fully saturated rings. The van der Waals surface area contributed by atoms with Crippen LogP contribution in [0.2, 0.25) is 0 Å². The number of allylic oxidation sites excluding steroid dienone is 4. The van der Waals surface area contributed by atoms with E-state index in [0.29, 0.717) is 0 Å². The molecule has 2 aliphatic heterocycles. The van der Waals surface area contributed by atoms with E-state index < -0.39 is 0 Å². The van der Waals surface area contributed by atoms with Crippen molar-refractivity contribution in [3.63, 3.8) is 0 Å². The lowest BCUT2D eigenvalue weighted by Gasteiger charge is -2.24. The second-order valence-corrected chi connectivity index (χ2v) is 6.26. The summed E-state index contributed by atoms with van der Waals surface area (Å²) in [5, 5.41) is 0. The summed E-state index contributed by atoms with van der Waals surface area (Å²) in [6.45, 7) is 2.42. The largest absolute Gasteiger partial charge is 0.373 e. The Balaban J connectivity index is 1.76. The van der Waals surface area contributed by atoms with Crippen LogP contribution in [-0.2, 0) is 0 Å². The van der Waals surface area contributed by atoms with Crippen molar-refractivity contribution >= 4 is 0 Å². The van der Waals surface area contributed by atoms with Gasteiger partial charge in [-0.1, -0.05) is 49.5 Å². The molecule has 20 heavy (non-hydrogen) atoms. The lowest BCUT2D eigenvalue weighted by Crippen LogP contribution is -2.23. The zero-order valence-corrected chi connectivity index (χ0v) is 13.0. The van der Waals surface area contributed by atoms with Gasteiger partial charge in [-0.15, -0.1) is 0 Å². The van der Waals surface area contributed by atoms with Gasteiger partial charge in [0, 0.05) is 13.1 Å². The van der Waals surface area contributed by atoms with Crippen LogP contribution in [0.4, 0.5) is 0 Å². The van der Waals surface area contributed by atoms with Gasteiger partial charge < -0.3 is 4.90 Å². The van der Waals surface area contributed by atoms with Crippen molar-refractivity contribution in [2.75, 3.05) is 13.1 Å². The van der Waals surface area contributed by atoms with Crippen molar-refractivity contribution in [2.45, 2.75) is 70.6 Å². The fourth-order valence-corrected chi connectivity index (χ4v) is 3.12. The lowest BCUT2D eigenvalue weighted by atomic mass is 10.0. The van der Waals surface area contributed by atoms with Gasteiger partial charge in [0.2, 0.25) is 0 Å². The number of fused-ring (bicyclic) bond motifs is 2. The SMILES string of the molecule is C1=CN2CCCCCCC=CCCCCCCC(=C1)C2. The summed E-state index contributed by atoms with van der Waals surface area (Å²) in [6.07, 6.45) is 26.6. The number of rotatable bonds is 0. The highest BCUT2D eigenvalue weighted by atomic mass is 15.1. The Morgan fingerprint density at radius 2 is 1.45 bits per heavy atom. The molecule has 0 aromatic heterocycles. The Hall–Kier alpha value is -0.980. The van der Waals surface area contributed by atoms with Crippen LogP contribution in [0.1, 0.15) is 70.6 Å². The lowest BCUT2D eigenvalue weighted by molar-refractivity contribution is 0.379. The molecule has 2 aliphatic rings. The Kier molecular flexibility index (Phi) is 7.59. The predicted molar refractivity (Wildman–Crippen MR) is 88.7 cm³/mol. The fraction of sp³-hybridized carbons (Fsp3) is 0.684. The van der Waals surface area contributed by atoms with Crippen molar-refractivity contribution in [1.82, 2.24) is 4.90 Å². The van der Waals surface area contributed by atoms with Crippen molar-refractivity contribution in [1.29, 1.82) is 0 Å². The summed E-state index contributed by atoms with van der Waals surface area (Å²) in [5.41, 5.74) is 1.64. The quantitative estimate of drug-likeness (QED) is 0.519. The zero-order valence-electron chi connectivity index (χ0n) is 13.0. The molecular formula is C19H31N. The molecule has 2 bridgehead atoms. The molecule has 0 spiro atoms. The second kappa shape index (κ2) is 9.85. The molecule has 0 unspecified atom stereocenters. The summed E-state index contributed by atoms with van der Waals surface area (Å²) >= 11 is 0. The average molecular weight is 273 g/mol. The van der Waals surface area contributed by atoms with E-state index in [1.807, 2.05) is 0 Å². The Morgan fingerprint density at radius 3 is 2.25 bits per heavy atom. The zero-order chi connectivity index (χ0) is 13.9. The van der Waals surface area contributed by atoms with Crippen molar-refractivity contribution in [3.8, 4) is 0 Å². The highest BCUT2D eigenvalue weighted by Gasteiger charge is 2.07. The third-order valence-electron chi connectivity index (χ3n) is 4.39. The minimum absolute atomic E-state index is 1.18. The summed E-state index contributed by atoms with van der Waals surface area (Å²) in [6, 6.07) is 0. The topological polar surface area (TPSA) is 3.24 Å². The van der Waals surface area contributed by atoms with Crippen LogP contribution in [0, 0.1) is 0 Å². The van der Waals surface area contributed by atoms with Gasteiger partial charge in [0.15, 0.2) is 0 Å². The smallest absolute Gasteiger partial charge is 0.0386 e. The minimum atomic E-state index is 1.18. The van der Waals surface area contributed by atoms with Crippen LogP contribution in [0.25, 0.3) is 0 Å². The molecule has 0 amide bonds. The average Bonchev–Trinajstić information content (AvgIpc) is 2.47. The van der Waals surface area contributed by atoms with Crippen LogP contribution in [0.5, 0.6) is 0 Å². The van der Waals surface area contributed by atoms with Gasteiger partial charge >= 0.3 is 0 Å². The van der Waals surface area contributed by atoms with E-state index in [4.69, 9.17) is 0 Å². The van der Waals surface area contributed by atoms with Crippen molar-refractivity contribution in [2.24, 2.45) is 0 Å². The van der Waals surface area contributed by atoms with Crippen LogP contribution >= 0.6 is 0 Å². The van der Waals surface area contributed by atoms with Crippen LogP contribution in [0.15, 0.2) is 36.1 Å². The summed E-state index contributed by atoms with van der Waals surface area (Å²) in [5.74, 6) is 0. The van der Waals surface area contributed by atoms with E-state index in [9.17, 15) is 0 Å². The van der Waals surface area contributed by atoms with Gasteiger partial charge in [-0.25, -0.2) is 0 Å². The Morgan fingerprint density at radius 1 is 0.750 bits per heavy atom. The first-order valence-corrected chi connectivity index (χ1v) is 8.70. The monoisotopic (exact) mass is 273 g/mol. The van der Waals surface area contributed by atoms with Crippen LogP contribution in [-0.4, -0.2) is 18.0 Å². The van der Waals surface area contributed by atoms with E-state index in [0.717, 1.165) is 0 Å². The molecule has 112 valence electrons. The summed E-state index contributed by atoms with van der Waals surface area (Å²) in [4.78, 5) is 2.51. The normalized spacial score (nSPS) is 23.2. The first kappa shape index (κ1) is 15.4. The molecule has 0 atom stereocenters.